The van der Waals surface area contributed by atoms with Gasteiger partial charge in [-0.05, 0) is 37.5 Å². The Morgan fingerprint density at radius 3 is 2.83 bits per heavy atom. The van der Waals surface area contributed by atoms with Gasteiger partial charge in [-0.25, -0.2) is 12.7 Å². The maximum absolute atomic E-state index is 12.5. The molecule has 1 fully saturated rings. The molecule has 0 spiro atoms. The molecule has 0 aliphatic carbocycles. The zero-order chi connectivity index (χ0) is 20.7. The van der Waals surface area contributed by atoms with Crippen LogP contribution in [0.25, 0.3) is 10.9 Å². The number of thioether (sulfide) groups is 1. The topological polar surface area (TPSA) is 89.6 Å². The third-order valence-corrected chi connectivity index (χ3v) is 7.80. The van der Waals surface area contributed by atoms with E-state index in [1.54, 1.807) is 16.1 Å². The Bertz CT molecular complexity index is 933. The van der Waals surface area contributed by atoms with Crippen LogP contribution in [0.1, 0.15) is 18.1 Å². The van der Waals surface area contributed by atoms with Crippen LogP contribution in [0.15, 0.2) is 29.4 Å². The van der Waals surface area contributed by atoms with Gasteiger partial charge in [0.2, 0.25) is 10.0 Å². The van der Waals surface area contributed by atoms with Crippen LogP contribution < -0.4 is 10.6 Å². The predicted molar refractivity (Wildman–Crippen MR) is 123 cm³/mol. The van der Waals surface area contributed by atoms with Crippen molar-refractivity contribution >= 4 is 38.6 Å². The fourth-order valence-electron chi connectivity index (χ4n) is 3.53. The van der Waals surface area contributed by atoms with E-state index in [0.717, 1.165) is 36.5 Å². The van der Waals surface area contributed by atoms with Gasteiger partial charge in [0, 0.05) is 54.8 Å². The summed E-state index contributed by atoms with van der Waals surface area (Å²) < 4.78 is 26.5. The molecule has 2 heterocycles. The van der Waals surface area contributed by atoms with E-state index in [1.165, 1.54) is 16.5 Å². The number of hydrogen-bond donors (Lipinski definition) is 3. The van der Waals surface area contributed by atoms with Crippen molar-refractivity contribution in [2.45, 2.75) is 20.3 Å². The second-order valence-corrected chi connectivity index (χ2v) is 10.4. The SMILES string of the molecule is CCNC(=NCCS(=O)(=O)N1CCSCC1)NCCc1c[nH]c2cccc(C)c12. The average molecular weight is 438 g/mol. The van der Waals surface area contributed by atoms with Crippen molar-refractivity contribution in [2.24, 2.45) is 4.99 Å². The molecule has 2 aromatic rings. The minimum Gasteiger partial charge on any atom is -0.361 e. The van der Waals surface area contributed by atoms with Gasteiger partial charge in [0.1, 0.15) is 0 Å². The van der Waals surface area contributed by atoms with Gasteiger partial charge < -0.3 is 15.6 Å². The number of guanidine groups is 1. The summed E-state index contributed by atoms with van der Waals surface area (Å²) in [7, 11) is -3.23. The van der Waals surface area contributed by atoms with Crippen LogP contribution >= 0.6 is 11.8 Å². The number of aliphatic imine (C=N–C) groups is 1. The minimum absolute atomic E-state index is 0.0515. The maximum Gasteiger partial charge on any atom is 0.215 e. The molecule has 1 aromatic heterocycles. The lowest BCUT2D eigenvalue weighted by Crippen LogP contribution is -2.41. The lowest BCUT2D eigenvalue weighted by atomic mass is 10.1. The van der Waals surface area contributed by atoms with Crippen LogP contribution in [0.3, 0.4) is 0 Å². The van der Waals surface area contributed by atoms with E-state index < -0.39 is 10.0 Å². The van der Waals surface area contributed by atoms with Gasteiger partial charge in [-0.3, -0.25) is 4.99 Å². The third-order valence-electron chi connectivity index (χ3n) is 5.01. The molecule has 7 nitrogen and oxygen atoms in total. The van der Waals surface area contributed by atoms with Crippen LogP contribution in [-0.2, 0) is 16.4 Å². The summed E-state index contributed by atoms with van der Waals surface area (Å²) in [6, 6.07) is 6.27. The molecule has 1 aliphatic rings. The first kappa shape index (κ1) is 22.0. The van der Waals surface area contributed by atoms with Crippen molar-refractivity contribution in [3.63, 3.8) is 0 Å². The number of hydrogen-bond acceptors (Lipinski definition) is 4. The molecule has 0 radical (unpaired) electrons. The number of H-pyrrole nitrogens is 1. The Kier molecular flexibility index (Phi) is 7.85. The first-order chi connectivity index (χ1) is 14.0. The standard InChI is InChI=1S/C20H31N5O2S2/c1-3-21-20(23-9-14-29(26,27)25-10-12-28-13-11-25)22-8-7-17-15-24-18-6-4-5-16(2)19(17)18/h4-6,15,24H,3,7-14H2,1-2H3,(H2,21,22,23). The monoisotopic (exact) mass is 437 g/mol. The molecule has 3 rings (SSSR count). The Morgan fingerprint density at radius 1 is 1.28 bits per heavy atom. The van der Waals surface area contributed by atoms with E-state index in [4.69, 9.17) is 0 Å². The van der Waals surface area contributed by atoms with E-state index in [0.29, 0.717) is 19.0 Å². The molecule has 29 heavy (non-hydrogen) atoms. The molecule has 0 unspecified atom stereocenters. The van der Waals surface area contributed by atoms with Gasteiger partial charge in [-0.15, -0.1) is 0 Å². The Balaban J connectivity index is 1.54. The van der Waals surface area contributed by atoms with Crippen molar-refractivity contribution in [1.82, 2.24) is 19.9 Å². The second-order valence-electron chi connectivity index (χ2n) is 7.08. The maximum atomic E-state index is 12.5. The number of nitrogens with zero attached hydrogens (tertiary/aromatic N) is 2. The van der Waals surface area contributed by atoms with Crippen molar-refractivity contribution in [3.8, 4) is 0 Å². The number of aromatic nitrogens is 1. The normalized spacial score (nSPS) is 16.3. The summed E-state index contributed by atoms with van der Waals surface area (Å²) in [5.41, 5.74) is 3.69. The zero-order valence-corrected chi connectivity index (χ0v) is 18.8. The van der Waals surface area contributed by atoms with Crippen molar-refractivity contribution < 1.29 is 8.42 Å². The van der Waals surface area contributed by atoms with Gasteiger partial charge >= 0.3 is 0 Å². The highest BCUT2D eigenvalue weighted by Gasteiger charge is 2.23. The van der Waals surface area contributed by atoms with Crippen LogP contribution in [0.5, 0.6) is 0 Å². The highest BCUT2D eigenvalue weighted by molar-refractivity contribution is 7.99. The number of rotatable bonds is 8. The largest absolute Gasteiger partial charge is 0.361 e. The zero-order valence-electron chi connectivity index (χ0n) is 17.2. The molecular formula is C20H31N5O2S2. The van der Waals surface area contributed by atoms with Gasteiger partial charge in [-0.1, -0.05) is 12.1 Å². The summed E-state index contributed by atoms with van der Waals surface area (Å²) >= 11 is 1.80. The van der Waals surface area contributed by atoms with Crippen molar-refractivity contribution in [3.05, 3.63) is 35.5 Å². The fraction of sp³-hybridized carbons (Fsp3) is 0.550. The summed E-state index contributed by atoms with van der Waals surface area (Å²) in [6.07, 6.45) is 2.92. The molecule has 1 aromatic carbocycles. The smallest absolute Gasteiger partial charge is 0.215 e. The van der Waals surface area contributed by atoms with Gasteiger partial charge in [0.05, 0.1) is 12.3 Å². The van der Waals surface area contributed by atoms with Crippen LogP contribution in [0, 0.1) is 6.92 Å². The molecular weight excluding hydrogens is 406 g/mol. The van der Waals surface area contributed by atoms with Crippen molar-refractivity contribution in [2.75, 3.05) is 50.0 Å². The van der Waals surface area contributed by atoms with E-state index in [-0.39, 0.29) is 12.3 Å². The highest BCUT2D eigenvalue weighted by Crippen LogP contribution is 2.22. The second kappa shape index (κ2) is 10.4. The molecule has 1 aliphatic heterocycles. The number of aryl methyl sites for hydroxylation is 1. The van der Waals surface area contributed by atoms with E-state index >= 15 is 0 Å². The van der Waals surface area contributed by atoms with E-state index in [1.807, 2.05) is 6.92 Å². The number of sulfonamides is 1. The lowest BCUT2D eigenvalue weighted by molar-refractivity contribution is 0.444. The van der Waals surface area contributed by atoms with Gasteiger partial charge in [0.15, 0.2) is 5.96 Å². The summed E-state index contributed by atoms with van der Waals surface area (Å²) in [5, 5.41) is 7.80. The molecule has 9 heteroatoms. The minimum atomic E-state index is -3.23. The molecule has 1 saturated heterocycles. The van der Waals surface area contributed by atoms with Gasteiger partial charge in [0.25, 0.3) is 0 Å². The van der Waals surface area contributed by atoms with Crippen LogP contribution in [0.2, 0.25) is 0 Å². The van der Waals surface area contributed by atoms with Crippen LogP contribution in [0.4, 0.5) is 0 Å². The quantitative estimate of drug-likeness (QED) is 0.434. The number of fused-ring (bicyclic) bond motifs is 1. The average Bonchev–Trinajstić information content (AvgIpc) is 3.13. The highest BCUT2D eigenvalue weighted by atomic mass is 32.2. The predicted octanol–water partition coefficient (Wildman–Crippen LogP) is 1.95. The lowest BCUT2D eigenvalue weighted by Gasteiger charge is -2.25. The number of aromatic amines is 1. The Morgan fingerprint density at radius 2 is 2.07 bits per heavy atom. The molecule has 0 bridgehead atoms. The number of nitrogens with one attached hydrogen (secondary N) is 3. The first-order valence-electron chi connectivity index (χ1n) is 10.1. The molecule has 160 valence electrons. The first-order valence-corrected chi connectivity index (χ1v) is 12.9. The van der Waals surface area contributed by atoms with E-state index in [9.17, 15) is 8.42 Å². The fourth-order valence-corrected chi connectivity index (χ4v) is 5.99. The Labute approximate surface area is 177 Å². The molecule has 0 atom stereocenters. The Hall–Kier alpha value is -1.71. The molecule has 0 amide bonds. The van der Waals surface area contributed by atoms with Crippen molar-refractivity contribution in [1.29, 1.82) is 0 Å². The third kappa shape index (κ3) is 5.90. The molecule has 3 N–H and O–H groups in total. The van der Waals surface area contributed by atoms with Crippen LogP contribution in [-0.4, -0.2) is 73.6 Å². The summed E-state index contributed by atoms with van der Waals surface area (Å²) in [4.78, 5) is 7.80. The van der Waals surface area contributed by atoms with E-state index in [2.05, 4.69) is 51.9 Å². The van der Waals surface area contributed by atoms with Gasteiger partial charge in [-0.2, -0.15) is 11.8 Å². The summed E-state index contributed by atoms with van der Waals surface area (Å²) in [6.45, 7) is 7.06. The number of benzene rings is 1. The molecule has 0 saturated carbocycles. The summed E-state index contributed by atoms with van der Waals surface area (Å²) in [5.74, 6) is 2.46.